The lowest BCUT2D eigenvalue weighted by molar-refractivity contribution is 0.128. The van der Waals surface area contributed by atoms with Gasteiger partial charge in [-0.1, -0.05) is 55.8 Å². The van der Waals surface area contributed by atoms with E-state index in [1.807, 2.05) is 42.5 Å². The Kier molecular flexibility index (Phi) is 8.70. The first kappa shape index (κ1) is 19.5. The van der Waals surface area contributed by atoms with Crippen LogP contribution in [0.25, 0.3) is 0 Å². The molecule has 2 aromatic rings. The van der Waals surface area contributed by atoms with E-state index in [0.29, 0.717) is 0 Å². The minimum Gasteiger partial charge on any atom is -0.497 e. The van der Waals surface area contributed by atoms with Gasteiger partial charge >= 0.3 is 0 Å². The molecule has 0 bridgehead atoms. The number of halogens is 1. The third-order valence-electron chi connectivity index (χ3n) is 3.83. The van der Waals surface area contributed by atoms with E-state index in [1.165, 1.54) is 0 Å². The second-order valence-corrected chi connectivity index (χ2v) is 5.41. The highest BCUT2D eigenvalue weighted by Crippen LogP contribution is 2.29. The molecule has 0 saturated carbocycles. The number of hydrogen-bond acceptors (Lipinski definition) is 3. The van der Waals surface area contributed by atoms with E-state index in [0.717, 1.165) is 36.3 Å². The maximum atomic E-state index is 10.8. The van der Waals surface area contributed by atoms with Crippen LogP contribution in [0.3, 0.4) is 0 Å². The number of methoxy groups -OCH3 is 1. The first-order valence-corrected chi connectivity index (χ1v) is 7.86. The van der Waals surface area contributed by atoms with Crippen molar-refractivity contribution in [3.63, 3.8) is 0 Å². The monoisotopic (exact) mass is 335 g/mol. The zero-order valence-electron chi connectivity index (χ0n) is 13.7. The third-order valence-corrected chi connectivity index (χ3v) is 3.83. The lowest BCUT2D eigenvalue weighted by atomic mass is 9.95. The number of nitrogens with one attached hydrogen (secondary N) is 1. The quantitative estimate of drug-likeness (QED) is 0.707. The van der Waals surface area contributed by atoms with Gasteiger partial charge in [0.05, 0.1) is 19.3 Å². The molecule has 2 aromatic carbocycles. The molecule has 2 atom stereocenters. The van der Waals surface area contributed by atoms with E-state index in [-0.39, 0.29) is 18.4 Å². The number of unbranched alkanes of at least 4 members (excludes halogenated alkanes) is 1. The minimum absolute atomic E-state index is 0. The molecular formula is C19H26ClNO2. The Labute approximate surface area is 145 Å². The van der Waals surface area contributed by atoms with Crippen molar-refractivity contribution < 1.29 is 9.84 Å². The minimum atomic E-state index is -0.592. The molecule has 0 aliphatic rings. The number of benzene rings is 2. The van der Waals surface area contributed by atoms with Crippen molar-refractivity contribution >= 4 is 12.4 Å². The second kappa shape index (κ2) is 10.3. The first-order chi connectivity index (χ1) is 10.8. The third kappa shape index (κ3) is 5.54. The van der Waals surface area contributed by atoms with Crippen LogP contribution in [-0.4, -0.2) is 18.8 Å². The van der Waals surface area contributed by atoms with Crippen LogP contribution in [0, 0.1) is 0 Å². The number of hydrogen-bond donors (Lipinski definition) is 2. The van der Waals surface area contributed by atoms with Crippen molar-refractivity contribution in [2.24, 2.45) is 0 Å². The molecule has 0 radical (unpaired) electrons. The zero-order valence-corrected chi connectivity index (χ0v) is 14.6. The summed E-state index contributed by atoms with van der Waals surface area (Å²) in [7, 11) is 1.64. The summed E-state index contributed by atoms with van der Waals surface area (Å²) >= 11 is 0. The predicted octanol–water partition coefficient (Wildman–Crippen LogP) is 4.28. The topological polar surface area (TPSA) is 41.5 Å². The molecule has 2 N–H and O–H groups in total. The smallest absolute Gasteiger partial charge is 0.118 e. The average Bonchev–Trinajstić information content (AvgIpc) is 2.59. The van der Waals surface area contributed by atoms with Crippen molar-refractivity contribution in [1.29, 1.82) is 0 Å². The maximum Gasteiger partial charge on any atom is 0.118 e. The second-order valence-electron chi connectivity index (χ2n) is 5.41. The standard InChI is InChI=1S/C19H25NO2.ClH/c1-3-4-14-20-18(15-8-6-5-7-9-15)19(21)16-10-12-17(22-2)13-11-16;/h5-13,18-21H,3-4,14H2,1-2H3;1H. The van der Waals surface area contributed by atoms with Gasteiger partial charge in [-0.2, -0.15) is 0 Å². The molecule has 0 aromatic heterocycles. The number of rotatable bonds is 8. The van der Waals surface area contributed by atoms with E-state index >= 15 is 0 Å². The zero-order chi connectivity index (χ0) is 15.8. The summed E-state index contributed by atoms with van der Waals surface area (Å²) in [5.41, 5.74) is 1.99. The number of aliphatic hydroxyl groups is 1. The van der Waals surface area contributed by atoms with E-state index in [2.05, 4.69) is 24.4 Å². The molecule has 2 rings (SSSR count). The van der Waals surface area contributed by atoms with Gasteiger partial charge in [0.15, 0.2) is 0 Å². The van der Waals surface area contributed by atoms with Gasteiger partial charge in [-0.25, -0.2) is 0 Å². The number of aliphatic hydroxyl groups excluding tert-OH is 1. The fourth-order valence-electron chi connectivity index (χ4n) is 2.50. The van der Waals surface area contributed by atoms with Gasteiger partial charge in [-0.3, -0.25) is 0 Å². The van der Waals surface area contributed by atoms with Gasteiger partial charge in [0.2, 0.25) is 0 Å². The molecule has 0 aliphatic heterocycles. The predicted molar refractivity (Wildman–Crippen MR) is 97.3 cm³/mol. The normalized spacial score (nSPS) is 13.0. The Hall–Kier alpha value is -1.55. The molecule has 0 fully saturated rings. The van der Waals surface area contributed by atoms with Gasteiger partial charge in [-0.15, -0.1) is 12.4 Å². The lowest BCUT2D eigenvalue weighted by Crippen LogP contribution is -2.28. The summed E-state index contributed by atoms with van der Waals surface area (Å²) in [6.45, 7) is 3.06. The molecule has 4 heteroatoms. The largest absolute Gasteiger partial charge is 0.497 e. The van der Waals surface area contributed by atoms with Crippen molar-refractivity contribution in [2.75, 3.05) is 13.7 Å². The van der Waals surface area contributed by atoms with Crippen LogP contribution in [0.5, 0.6) is 5.75 Å². The van der Waals surface area contributed by atoms with Crippen LogP contribution in [0.1, 0.15) is 43.0 Å². The Morgan fingerprint density at radius 2 is 1.65 bits per heavy atom. The van der Waals surface area contributed by atoms with Crippen LogP contribution in [0.15, 0.2) is 54.6 Å². The summed E-state index contributed by atoms with van der Waals surface area (Å²) in [6, 6.07) is 17.6. The molecule has 126 valence electrons. The van der Waals surface area contributed by atoms with Gasteiger partial charge in [-0.05, 0) is 36.2 Å². The lowest BCUT2D eigenvalue weighted by Gasteiger charge is -2.25. The average molecular weight is 336 g/mol. The summed E-state index contributed by atoms with van der Waals surface area (Å²) < 4.78 is 5.18. The highest BCUT2D eigenvalue weighted by atomic mass is 35.5. The summed E-state index contributed by atoms with van der Waals surface area (Å²) in [6.07, 6.45) is 1.64. The molecule has 0 saturated heterocycles. The van der Waals surface area contributed by atoms with Crippen LogP contribution in [0.4, 0.5) is 0 Å². The van der Waals surface area contributed by atoms with Gasteiger partial charge in [0.25, 0.3) is 0 Å². The Morgan fingerprint density at radius 1 is 1.00 bits per heavy atom. The SMILES string of the molecule is CCCCNC(c1ccccc1)C(O)c1ccc(OC)cc1.Cl. The van der Waals surface area contributed by atoms with E-state index in [4.69, 9.17) is 4.74 Å². The van der Waals surface area contributed by atoms with Crippen molar-refractivity contribution in [3.8, 4) is 5.75 Å². The van der Waals surface area contributed by atoms with Crippen molar-refractivity contribution in [3.05, 3.63) is 65.7 Å². The van der Waals surface area contributed by atoms with Crippen molar-refractivity contribution in [2.45, 2.75) is 31.9 Å². The highest BCUT2D eigenvalue weighted by molar-refractivity contribution is 5.85. The Balaban J connectivity index is 0.00000264. The fraction of sp³-hybridized carbons (Fsp3) is 0.368. The summed E-state index contributed by atoms with van der Waals surface area (Å²) in [4.78, 5) is 0. The van der Waals surface area contributed by atoms with Crippen LogP contribution in [-0.2, 0) is 0 Å². The molecule has 0 amide bonds. The van der Waals surface area contributed by atoms with Crippen LogP contribution < -0.4 is 10.1 Å². The van der Waals surface area contributed by atoms with E-state index in [9.17, 15) is 5.11 Å². The summed E-state index contributed by atoms with van der Waals surface area (Å²) in [5, 5.41) is 14.3. The fourth-order valence-corrected chi connectivity index (χ4v) is 2.50. The van der Waals surface area contributed by atoms with Gasteiger partial charge in [0.1, 0.15) is 5.75 Å². The van der Waals surface area contributed by atoms with Crippen molar-refractivity contribution in [1.82, 2.24) is 5.32 Å². The van der Waals surface area contributed by atoms with E-state index < -0.39 is 6.10 Å². The maximum absolute atomic E-state index is 10.8. The molecule has 23 heavy (non-hydrogen) atoms. The van der Waals surface area contributed by atoms with Crippen LogP contribution >= 0.6 is 12.4 Å². The molecule has 3 nitrogen and oxygen atoms in total. The highest BCUT2D eigenvalue weighted by Gasteiger charge is 2.22. The molecule has 2 unspecified atom stereocenters. The molecule has 0 aliphatic carbocycles. The van der Waals surface area contributed by atoms with E-state index in [1.54, 1.807) is 7.11 Å². The molecule has 0 heterocycles. The molecular weight excluding hydrogens is 310 g/mol. The number of ether oxygens (including phenoxy) is 1. The molecule has 0 spiro atoms. The van der Waals surface area contributed by atoms with Crippen LogP contribution in [0.2, 0.25) is 0 Å². The van der Waals surface area contributed by atoms with Gasteiger partial charge in [0, 0.05) is 0 Å². The Morgan fingerprint density at radius 3 is 2.22 bits per heavy atom. The first-order valence-electron chi connectivity index (χ1n) is 7.86. The Bertz CT molecular complexity index is 545. The summed E-state index contributed by atoms with van der Waals surface area (Å²) in [5.74, 6) is 0.797. The van der Waals surface area contributed by atoms with Gasteiger partial charge < -0.3 is 15.2 Å².